The second-order valence-corrected chi connectivity index (χ2v) is 5.99. The van der Waals surface area contributed by atoms with Crippen molar-refractivity contribution in [2.24, 2.45) is 0 Å². The van der Waals surface area contributed by atoms with Crippen molar-refractivity contribution >= 4 is 58.2 Å². The third-order valence-electron chi connectivity index (χ3n) is 3.17. The normalized spacial score (nSPS) is 14.2. The fourth-order valence-electron chi connectivity index (χ4n) is 2.12. The Kier molecular flexibility index (Phi) is 4.85. The lowest BCUT2D eigenvalue weighted by Crippen LogP contribution is -2.30. The molecule has 0 aliphatic carbocycles. The number of benzene rings is 1. The zero-order valence-corrected chi connectivity index (χ0v) is 13.6. The number of nitrogens with zero attached hydrogens (tertiary/aromatic N) is 1. The summed E-state index contributed by atoms with van der Waals surface area (Å²) in [5.41, 5.74) is 0.0973. The van der Waals surface area contributed by atoms with Gasteiger partial charge in [0, 0.05) is 6.54 Å². The van der Waals surface area contributed by atoms with E-state index < -0.39 is 11.8 Å². The van der Waals surface area contributed by atoms with Crippen LogP contribution in [0.4, 0.5) is 0 Å². The van der Waals surface area contributed by atoms with E-state index in [4.69, 9.17) is 46.4 Å². The standard InChI is InChI=1S/C13H11Cl4NO2/c1-2-3-4-5-18-12(19)6-7(13(18)20)9(15)11(17)10(16)8(6)14/h2-5H2,1H3. The number of halogens is 4. The quantitative estimate of drug-likeness (QED) is 0.327. The summed E-state index contributed by atoms with van der Waals surface area (Å²) in [5, 5.41) is -0.0536. The third kappa shape index (κ3) is 2.41. The highest BCUT2D eigenvalue weighted by atomic mass is 35.5. The van der Waals surface area contributed by atoms with Gasteiger partial charge in [0.1, 0.15) is 0 Å². The van der Waals surface area contributed by atoms with Crippen LogP contribution < -0.4 is 0 Å². The van der Waals surface area contributed by atoms with Gasteiger partial charge in [0.25, 0.3) is 11.8 Å². The molecule has 7 heteroatoms. The van der Waals surface area contributed by atoms with Crippen LogP contribution in [-0.4, -0.2) is 23.3 Å². The summed E-state index contributed by atoms with van der Waals surface area (Å²) >= 11 is 23.9. The van der Waals surface area contributed by atoms with Gasteiger partial charge in [-0.1, -0.05) is 66.2 Å². The number of hydrogen-bond acceptors (Lipinski definition) is 2. The van der Waals surface area contributed by atoms with E-state index in [1.807, 2.05) is 6.92 Å². The van der Waals surface area contributed by atoms with E-state index in [9.17, 15) is 9.59 Å². The lowest BCUT2D eigenvalue weighted by Gasteiger charge is -2.12. The van der Waals surface area contributed by atoms with E-state index in [2.05, 4.69) is 0 Å². The molecular weight excluding hydrogens is 344 g/mol. The smallest absolute Gasteiger partial charge is 0.263 e. The number of fused-ring (bicyclic) bond motifs is 1. The van der Waals surface area contributed by atoms with Crippen molar-refractivity contribution in [3.8, 4) is 0 Å². The molecule has 1 aromatic rings. The lowest BCUT2D eigenvalue weighted by molar-refractivity contribution is 0.0652. The van der Waals surface area contributed by atoms with Gasteiger partial charge in [0.15, 0.2) is 0 Å². The van der Waals surface area contributed by atoms with Gasteiger partial charge in [-0.2, -0.15) is 0 Å². The van der Waals surface area contributed by atoms with Gasteiger partial charge in [0.05, 0.1) is 31.2 Å². The molecule has 0 saturated carbocycles. The third-order valence-corrected chi connectivity index (χ3v) is 4.97. The molecule has 2 amide bonds. The van der Waals surface area contributed by atoms with Crippen LogP contribution in [0.25, 0.3) is 0 Å². The van der Waals surface area contributed by atoms with Gasteiger partial charge in [-0.05, 0) is 6.42 Å². The minimum atomic E-state index is -0.466. The number of hydrogen-bond donors (Lipinski definition) is 0. The molecule has 0 atom stereocenters. The highest BCUT2D eigenvalue weighted by molar-refractivity contribution is 6.55. The average molecular weight is 355 g/mol. The molecule has 0 unspecified atom stereocenters. The Morgan fingerprint density at radius 2 is 1.25 bits per heavy atom. The highest BCUT2D eigenvalue weighted by Crippen LogP contribution is 2.44. The first-order valence-electron chi connectivity index (χ1n) is 6.13. The van der Waals surface area contributed by atoms with E-state index in [0.29, 0.717) is 6.54 Å². The number of rotatable bonds is 4. The van der Waals surface area contributed by atoms with Crippen molar-refractivity contribution in [1.29, 1.82) is 0 Å². The van der Waals surface area contributed by atoms with E-state index in [-0.39, 0.29) is 31.2 Å². The van der Waals surface area contributed by atoms with E-state index in [1.165, 1.54) is 0 Å². The van der Waals surface area contributed by atoms with E-state index >= 15 is 0 Å². The Hall–Kier alpha value is -0.480. The molecule has 0 radical (unpaired) electrons. The second-order valence-electron chi connectivity index (χ2n) is 4.47. The van der Waals surface area contributed by atoms with Crippen molar-refractivity contribution in [3.63, 3.8) is 0 Å². The van der Waals surface area contributed by atoms with Gasteiger partial charge in [-0.15, -0.1) is 0 Å². The summed E-state index contributed by atoms with van der Waals surface area (Å²) in [5.74, 6) is -0.932. The minimum absolute atomic E-state index is 0.00589. The molecule has 0 spiro atoms. The fraction of sp³-hybridized carbons (Fsp3) is 0.385. The topological polar surface area (TPSA) is 37.4 Å². The van der Waals surface area contributed by atoms with E-state index in [1.54, 1.807) is 0 Å². The summed E-state index contributed by atoms with van der Waals surface area (Å²) in [7, 11) is 0. The van der Waals surface area contributed by atoms with Crippen LogP contribution in [0.1, 0.15) is 46.9 Å². The molecule has 108 valence electrons. The Bertz CT molecular complexity index is 554. The fourth-order valence-corrected chi connectivity index (χ4v) is 3.13. The molecule has 1 aliphatic heterocycles. The molecule has 20 heavy (non-hydrogen) atoms. The SMILES string of the molecule is CCCCCN1C(=O)c2c(Cl)c(Cl)c(Cl)c(Cl)c2C1=O. The lowest BCUT2D eigenvalue weighted by atomic mass is 10.1. The first-order valence-corrected chi connectivity index (χ1v) is 7.65. The minimum Gasteiger partial charge on any atom is -0.274 e. The molecule has 0 saturated heterocycles. The Morgan fingerprint density at radius 3 is 1.65 bits per heavy atom. The van der Waals surface area contributed by atoms with Gasteiger partial charge in [-0.3, -0.25) is 14.5 Å². The van der Waals surface area contributed by atoms with Crippen molar-refractivity contribution in [3.05, 3.63) is 31.2 Å². The van der Waals surface area contributed by atoms with Crippen molar-refractivity contribution in [1.82, 2.24) is 4.90 Å². The monoisotopic (exact) mass is 353 g/mol. The van der Waals surface area contributed by atoms with E-state index in [0.717, 1.165) is 24.2 Å². The highest BCUT2D eigenvalue weighted by Gasteiger charge is 2.41. The summed E-state index contributed by atoms with van der Waals surface area (Å²) in [6.45, 7) is 2.37. The van der Waals surface area contributed by atoms with Crippen LogP contribution in [0.15, 0.2) is 0 Å². The van der Waals surface area contributed by atoms with Crippen LogP contribution in [-0.2, 0) is 0 Å². The predicted molar refractivity (Wildman–Crippen MR) is 81.4 cm³/mol. The first kappa shape index (κ1) is 15.9. The van der Waals surface area contributed by atoms with Crippen LogP contribution in [0.3, 0.4) is 0 Å². The molecule has 0 bridgehead atoms. The first-order chi connectivity index (χ1) is 9.41. The molecule has 0 fully saturated rings. The Morgan fingerprint density at radius 1 is 0.800 bits per heavy atom. The van der Waals surface area contributed by atoms with Crippen molar-refractivity contribution in [2.45, 2.75) is 26.2 Å². The maximum absolute atomic E-state index is 12.3. The number of carbonyl (C=O) groups excluding carboxylic acids is 2. The van der Waals surface area contributed by atoms with Crippen LogP contribution >= 0.6 is 46.4 Å². The molecular formula is C13H11Cl4NO2. The zero-order chi connectivity index (χ0) is 15.0. The second kappa shape index (κ2) is 6.10. The van der Waals surface area contributed by atoms with Crippen molar-refractivity contribution < 1.29 is 9.59 Å². The van der Waals surface area contributed by atoms with Crippen LogP contribution in [0.5, 0.6) is 0 Å². The summed E-state index contributed by atoms with van der Waals surface area (Å²) in [6.07, 6.45) is 2.65. The predicted octanol–water partition coefficient (Wildman–Crippen LogP) is 5.09. The largest absolute Gasteiger partial charge is 0.274 e. The number of imide groups is 1. The van der Waals surface area contributed by atoms with Gasteiger partial charge in [0.2, 0.25) is 0 Å². The molecule has 0 aromatic heterocycles. The van der Waals surface area contributed by atoms with Crippen LogP contribution in [0.2, 0.25) is 20.1 Å². The molecule has 3 nitrogen and oxygen atoms in total. The summed E-state index contributed by atoms with van der Waals surface area (Å²) < 4.78 is 0. The summed E-state index contributed by atoms with van der Waals surface area (Å²) in [4.78, 5) is 25.7. The van der Waals surface area contributed by atoms with Crippen LogP contribution in [0, 0.1) is 0 Å². The van der Waals surface area contributed by atoms with Gasteiger partial charge >= 0.3 is 0 Å². The summed E-state index contributed by atoms with van der Waals surface area (Å²) in [6, 6.07) is 0. The Labute approximate surface area is 136 Å². The van der Waals surface area contributed by atoms with Gasteiger partial charge in [-0.25, -0.2) is 0 Å². The zero-order valence-electron chi connectivity index (χ0n) is 10.6. The maximum Gasteiger partial charge on any atom is 0.263 e. The molecule has 1 aliphatic rings. The molecule has 1 heterocycles. The number of amides is 2. The number of carbonyl (C=O) groups is 2. The van der Waals surface area contributed by atoms with Gasteiger partial charge < -0.3 is 0 Å². The Balaban J connectivity index is 2.46. The molecule has 2 rings (SSSR count). The molecule has 1 aromatic carbocycles. The maximum atomic E-state index is 12.3. The molecule has 0 N–H and O–H groups in total. The van der Waals surface area contributed by atoms with Crippen molar-refractivity contribution in [2.75, 3.05) is 6.54 Å². The number of unbranched alkanes of at least 4 members (excludes halogenated alkanes) is 2. The average Bonchev–Trinajstić information content (AvgIpc) is 2.67.